The third-order valence-corrected chi connectivity index (χ3v) is 6.14. The van der Waals surface area contributed by atoms with Crippen LogP contribution in [0.4, 0.5) is 0 Å². The van der Waals surface area contributed by atoms with Crippen molar-refractivity contribution in [3.05, 3.63) is 52.4 Å². The third kappa shape index (κ3) is 4.32. The van der Waals surface area contributed by atoms with Gasteiger partial charge in [-0.1, -0.05) is 36.3 Å². The van der Waals surface area contributed by atoms with Crippen molar-refractivity contribution in [1.82, 2.24) is 10.1 Å². The summed E-state index contributed by atoms with van der Waals surface area (Å²) < 4.78 is 5.21. The van der Waals surface area contributed by atoms with E-state index in [4.69, 9.17) is 4.52 Å². The van der Waals surface area contributed by atoms with Gasteiger partial charge in [-0.3, -0.25) is 4.79 Å². The number of rotatable bonds is 7. The van der Waals surface area contributed by atoms with Crippen molar-refractivity contribution in [3.8, 4) is 0 Å². The van der Waals surface area contributed by atoms with Crippen LogP contribution in [-0.4, -0.2) is 34.3 Å². The van der Waals surface area contributed by atoms with Crippen LogP contribution in [0.3, 0.4) is 0 Å². The number of carbonyl (C=O) groups excluding carboxylic acids is 1. The minimum atomic E-state index is 0.257. The van der Waals surface area contributed by atoms with Crippen LogP contribution in [0.25, 0.3) is 0 Å². The van der Waals surface area contributed by atoms with Gasteiger partial charge in [-0.15, -0.1) is 11.8 Å². The molecule has 0 saturated carbocycles. The molecule has 0 N–H and O–H groups in total. The van der Waals surface area contributed by atoms with Crippen molar-refractivity contribution >= 4 is 17.7 Å². The third-order valence-electron chi connectivity index (χ3n) is 5.20. The highest BCUT2D eigenvalue weighted by atomic mass is 32.2. The molecular formula is C21H28N2O2S. The maximum absolute atomic E-state index is 12.9. The van der Waals surface area contributed by atoms with E-state index in [1.165, 1.54) is 11.1 Å². The normalized spacial score (nSPS) is 16.3. The van der Waals surface area contributed by atoms with Crippen molar-refractivity contribution in [2.75, 3.05) is 12.3 Å². The number of carbonyl (C=O) groups is 1. The summed E-state index contributed by atoms with van der Waals surface area (Å²) >= 11 is 1.66. The molecule has 0 aliphatic heterocycles. The largest absolute Gasteiger partial charge is 0.361 e. The first-order valence-corrected chi connectivity index (χ1v) is 10.6. The number of hydrogen-bond acceptors (Lipinski definition) is 4. The summed E-state index contributed by atoms with van der Waals surface area (Å²) in [7, 11) is 0. The van der Waals surface area contributed by atoms with Crippen molar-refractivity contribution < 1.29 is 9.32 Å². The van der Waals surface area contributed by atoms with E-state index in [9.17, 15) is 4.79 Å². The fourth-order valence-corrected chi connectivity index (χ4v) is 4.79. The molecule has 140 valence electrons. The van der Waals surface area contributed by atoms with E-state index in [1.807, 2.05) is 13.8 Å². The van der Waals surface area contributed by atoms with E-state index in [-0.39, 0.29) is 5.91 Å². The highest BCUT2D eigenvalue weighted by molar-refractivity contribution is 7.99. The van der Waals surface area contributed by atoms with Crippen molar-refractivity contribution in [2.24, 2.45) is 0 Å². The molecule has 2 aromatic rings. The number of thioether (sulfide) groups is 1. The molecule has 0 bridgehead atoms. The van der Waals surface area contributed by atoms with Gasteiger partial charge in [-0.25, -0.2) is 0 Å². The monoisotopic (exact) mass is 372 g/mol. The molecule has 1 aliphatic carbocycles. The Bertz CT molecular complexity index is 737. The predicted molar refractivity (Wildman–Crippen MR) is 106 cm³/mol. The highest BCUT2D eigenvalue weighted by Crippen LogP contribution is 2.26. The molecule has 0 saturated heterocycles. The summed E-state index contributed by atoms with van der Waals surface area (Å²) in [6.45, 7) is 6.88. The van der Waals surface area contributed by atoms with Crippen molar-refractivity contribution in [3.63, 3.8) is 0 Å². The van der Waals surface area contributed by atoms with Gasteiger partial charge < -0.3 is 9.42 Å². The van der Waals surface area contributed by atoms with E-state index >= 15 is 0 Å². The van der Waals surface area contributed by atoms with Crippen LogP contribution in [0.1, 0.15) is 47.9 Å². The first kappa shape index (κ1) is 19.0. The van der Waals surface area contributed by atoms with Gasteiger partial charge in [0.25, 0.3) is 0 Å². The van der Waals surface area contributed by atoms with E-state index in [0.29, 0.717) is 11.8 Å². The number of aromatic nitrogens is 1. The lowest BCUT2D eigenvalue weighted by molar-refractivity contribution is -0.130. The number of amides is 1. The molecule has 0 spiro atoms. The van der Waals surface area contributed by atoms with Crippen LogP contribution in [0, 0.1) is 13.8 Å². The van der Waals surface area contributed by atoms with E-state index < -0.39 is 0 Å². The number of nitrogens with zero attached hydrogens (tertiary/aromatic N) is 2. The molecule has 3 rings (SSSR count). The van der Waals surface area contributed by atoms with E-state index in [1.54, 1.807) is 11.8 Å². The number of benzene rings is 1. The summed E-state index contributed by atoms with van der Waals surface area (Å²) in [5.41, 5.74) is 4.90. The first-order chi connectivity index (χ1) is 12.6. The molecule has 26 heavy (non-hydrogen) atoms. The van der Waals surface area contributed by atoms with Crippen LogP contribution in [0.2, 0.25) is 0 Å². The Balaban J connectivity index is 1.60. The van der Waals surface area contributed by atoms with Gasteiger partial charge in [0.05, 0.1) is 11.4 Å². The zero-order chi connectivity index (χ0) is 18.5. The van der Waals surface area contributed by atoms with Gasteiger partial charge in [-0.2, -0.15) is 0 Å². The summed E-state index contributed by atoms with van der Waals surface area (Å²) in [5.74, 6) is 2.41. The molecule has 1 aliphatic rings. The van der Waals surface area contributed by atoms with Crippen LogP contribution >= 0.6 is 11.8 Å². The van der Waals surface area contributed by atoms with E-state index in [0.717, 1.165) is 55.0 Å². The molecule has 0 fully saturated rings. The lowest BCUT2D eigenvalue weighted by Crippen LogP contribution is -2.44. The minimum Gasteiger partial charge on any atom is -0.361 e. The number of fused-ring (bicyclic) bond motifs is 1. The van der Waals surface area contributed by atoms with Crippen molar-refractivity contribution in [2.45, 2.75) is 58.2 Å². The van der Waals surface area contributed by atoms with Gasteiger partial charge >= 0.3 is 0 Å². The Kier molecular flexibility index (Phi) is 6.41. The second-order valence-electron chi connectivity index (χ2n) is 7.05. The molecule has 0 radical (unpaired) electrons. The summed E-state index contributed by atoms with van der Waals surface area (Å²) in [6, 6.07) is 8.97. The molecule has 1 amide bonds. The lowest BCUT2D eigenvalue weighted by Gasteiger charge is -2.35. The molecule has 5 heteroatoms. The Morgan fingerprint density at radius 1 is 1.31 bits per heavy atom. The average Bonchev–Trinajstić information content (AvgIpc) is 2.97. The van der Waals surface area contributed by atoms with Crippen LogP contribution in [0.15, 0.2) is 28.8 Å². The molecule has 1 aromatic heterocycles. The quantitative estimate of drug-likeness (QED) is 0.726. The lowest BCUT2D eigenvalue weighted by atomic mass is 9.87. The zero-order valence-corrected chi connectivity index (χ0v) is 16.8. The summed E-state index contributed by atoms with van der Waals surface area (Å²) in [5, 5.41) is 3.99. The highest BCUT2D eigenvalue weighted by Gasteiger charge is 2.27. The van der Waals surface area contributed by atoms with Gasteiger partial charge in [0.15, 0.2) is 0 Å². The van der Waals surface area contributed by atoms with Crippen molar-refractivity contribution in [1.29, 1.82) is 0 Å². The maximum Gasteiger partial charge on any atom is 0.232 e. The second kappa shape index (κ2) is 8.76. The topological polar surface area (TPSA) is 46.3 Å². The molecule has 1 atom stereocenters. The Morgan fingerprint density at radius 3 is 2.77 bits per heavy atom. The van der Waals surface area contributed by atoms with Gasteiger partial charge in [0, 0.05) is 23.9 Å². The predicted octanol–water partition coefficient (Wildman–Crippen LogP) is 4.32. The minimum absolute atomic E-state index is 0.257. The van der Waals surface area contributed by atoms with Crippen LogP contribution in [0.5, 0.6) is 0 Å². The smallest absolute Gasteiger partial charge is 0.232 e. The number of aryl methyl sites for hydroxylation is 3. The molecule has 4 nitrogen and oxygen atoms in total. The molecular weight excluding hydrogens is 344 g/mol. The Hall–Kier alpha value is -1.75. The average molecular weight is 373 g/mol. The van der Waals surface area contributed by atoms with Crippen LogP contribution in [-0.2, 0) is 23.4 Å². The maximum atomic E-state index is 12.9. The van der Waals surface area contributed by atoms with E-state index in [2.05, 4.69) is 41.2 Å². The van der Waals surface area contributed by atoms with Gasteiger partial charge in [0.1, 0.15) is 5.76 Å². The number of hydrogen-bond donors (Lipinski definition) is 0. The Labute approximate surface area is 160 Å². The Morgan fingerprint density at radius 2 is 2.08 bits per heavy atom. The van der Waals surface area contributed by atoms with Crippen LogP contribution < -0.4 is 0 Å². The zero-order valence-electron chi connectivity index (χ0n) is 16.0. The fourth-order valence-electron chi connectivity index (χ4n) is 3.73. The van der Waals surface area contributed by atoms with Gasteiger partial charge in [-0.05, 0) is 50.7 Å². The standard InChI is InChI=1S/C21H28N2O2S/c1-4-11-23(19-10-9-17-7-5-6-8-18(17)12-19)21(24)14-26-13-20-15(2)22-25-16(20)3/h5-8,19H,4,9-14H2,1-3H3. The summed E-state index contributed by atoms with van der Waals surface area (Å²) in [6.07, 6.45) is 4.12. The first-order valence-electron chi connectivity index (χ1n) is 9.45. The SMILES string of the molecule is CCCN(C(=O)CSCc1c(C)noc1C)C1CCc2ccccc2C1. The molecule has 1 unspecified atom stereocenters. The van der Waals surface area contributed by atoms with Gasteiger partial charge in [0.2, 0.25) is 5.91 Å². The fraction of sp³-hybridized carbons (Fsp3) is 0.524. The molecule has 1 aromatic carbocycles. The second-order valence-corrected chi connectivity index (χ2v) is 8.03. The molecule has 1 heterocycles. The summed E-state index contributed by atoms with van der Waals surface area (Å²) in [4.78, 5) is 15.0.